The fourth-order valence-corrected chi connectivity index (χ4v) is 3.02. The molecule has 1 amide bonds. The van der Waals surface area contributed by atoms with E-state index in [0.29, 0.717) is 11.4 Å². The van der Waals surface area contributed by atoms with Gasteiger partial charge in [0.2, 0.25) is 0 Å². The highest BCUT2D eigenvalue weighted by molar-refractivity contribution is 9.10. The molecule has 0 saturated carbocycles. The van der Waals surface area contributed by atoms with Gasteiger partial charge in [0.1, 0.15) is 11.4 Å². The smallest absolute Gasteiger partial charge is 0.415 e. The molecule has 0 aromatic heterocycles. The predicted octanol–water partition coefficient (Wildman–Crippen LogP) is 6.21. The first-order chi connectivity index (χ1) is 13.0. The van der Waals surface area contributed by atoms with Crippen LogP contribution in [-0.2, 0) is 4.74 Å². The number of nitrogens with zero attached hydrogens (tertiary/aromatic N) is 2. The third-order valence-corrected chi connectivity index (χ3v) is 4.16. The van der Waals surface area contributed by atoms with Crippen LogP contribution in [0.3, 0.4) is 0 Å². The topological polar surface area (TPSA) is 62.6 Å². The summed E-state index contributed by atoms with van der Waals surface area (Å²) in [6.45, 7) is 13.0. The van der Waals surface area contributed by atoms with Crippen molar-refractivity contribution < 1.29 is 14.3 Å². The Morgan fingerprint density at radius 3 is 2.50 bits per heavy atom. The number of halogens is 1. The molecule has 148 valence electrons. The highest BCUT2D eigenvalue weighted by atomic mass is 79.9. The SMILES string of the molecule is C=C(C#N)CN(C(=O)OC(C)(C)C)c1c(OC(C)C)ccc2ccc(Br)cc12. The zero-order chi connectivity index (χ0) is 21.1. The second-order valence-corrected chi connectivity index (χ2v) is 8.64. The van der Waals surface area contributed by atoms with E-state index in [1.54, 1.807) is 20.8 Å². The second-order valence-electron chi connectivity index (χ2n) is 7.73. The van der Waals surface area contributed by atoms with Crippen molar-refractivity contribution >= 4 is 38.5 Å². The molecule has 0 aliphatic heterocycles. The maximum atomic E-state index is 13.1. The van der Waals surface area contributed by atoms with E-state index in [2.05, 4.69) is 22.5 Å². The lowest BCUT2D eigenvalue weighted by Crippen LogP contribution is -2.38. The van der Waals surface area contributed by atoms with Gasteiger partial charge in [-0.15, -0.1) is 0 Å². The molecule has 0 heterocycles. The normalized spacial score (nSPS) is 11.2. The lowest BCUT2D eigenvalue weighted by Gasteiger charge is -2.29. The van der Waals surface area contributed by atoms with Gasteiger partial charge in [-0.3, -0.25) is 4.90 Å². The molecule has 0 aliphatic rings. The van der Waals surface area contributed by atoms with E-state index in [-0.39, 0.29) is 18.2 Å². The van der Waals surface area contributed by atoms with Gasteiger partial charge in [-0.2, -0.15) is 5.26 Å². The third-order valence-electron chi connectivity index (χ3n) is 3.67. The van der Waals surface area contributed by atoms with Crippen molar-refractivity contribution in [3.63, 3.8) is 0 Å². The Morgan fingerprint density at radius 1 is 1.29 bits per heavy atom. The molecule has 0 aliphatic carbocycles. The Balaban J connectivity index is 2.73. The predicted molar refractivity (Wildman–Crippen MR) is 116 cm³/mol. The van der Waals surface area contributed by atoms with Crippen LogP contribution in [0.5, 0.6) is 5.75 Å². The minimum Gasteiger partial charge on any atom is -0.489 e. The van der Waals surface area contributed by atoms with Crippen molar-refractivity contribution in [1.29, 1.82) is 5.26 Å². The maximum Gasteiger partial charge on any atom is 0.415 e. The second kappa shape index (κ2) is 8.66. The van der Waals surface area contributed by atoms with Crippen LogP contribution in [0.1, 0.15) is 34.6 Å². The molecule has 28 heavy (non-hydrogen) atoms. The van der Waals surface area contributed by atoms with Gasteiger partial charge in [-0.25, -0.2) is 4.79 Å². The minimum absolute atomic E-state index is 0.00545. The molecule has 0 atom stereocenters. The van der Waals surface area contributed by atoms with Crippen LogP contribution in [0.25, 0.3) is 10.8 Å². The van der Waals surface area contributed by atoms with E-state index in [9.17, 15) is 10.1 Å². The highest BCUT2D eigenvalue weighted by Crippen LogP contribution is 2.39. The van der Waals surface area contributed by atoms with E-state index < -0.39 is 11.7 Å². The van der Waals surface area contributed by atoms with Gasteiger partial charge < -0.3 is 9.47 Å². The van der Waals surface area contributed by atoms with Gasteiger partial charge >= 0.3 is 6.09 Å². The monoisotopic (exact) mass is 444 g/mol. The van der Waals surface area contributed by atoms with Gasteiger partial charge in [-0.05, 0) is 58.2 Å². The largest absolute Gasteiger partial charge is 0.489 e. The molecule has 2 rings (SSSR count). The zero-order valence-electron chi connectivity index (χ0n) is 16.9. The lowest BCUT2D eigenvalue weighted by atomic mass is 10.1. The summed E-state index contributed by atoms with van der Waals surface area (Å²) in [5.41, 5.74) is 0.111. The number of amides is 1. The first-order valence-electron chi connectivity index (χ1n) is 8.99. The van der Waals surface area contributed by atoms with Gasteiger partial charge in [0, 0.05) is 15.4 Å². The van der Waals surface area contributed by atoms with Gasteiger partial charge in [0.25, 0.3) is 0 Å². The number of fused-ring (bicyclic) bond motifs is 1. The van der Waals surface area contributed by atoms with Crippen LogP contribution in [0.4, 0.5) is 10.5 Å². The number of benzene rings is 2. The zero-order valence-corrected chi connectivity index (χ0v) is 18.5. The fraction of sp³-hybridized carbons (Fsp3) is 0.364. The summed E-state index contributed by atoms with van der Waals surface area (Å²) in [7, 11) is 0. The number of anilines is 1. The molecule has 0 N–H and O–H groups in total. The number of carbonyl (C=O) groups is 1. The summed E-state index contributed by atoms with van der Waals surface area (Å²) in [6.07, 6.45) is -0.659. The third kappa shape index (κ3) is 5.49. The van der Waals surface area contributed by atoms with E-state index in [1.165, 1.54) is 4.90 Å². The average molecular weight is 445 g/mol. The molecule has 0 fully saturated rings. The Morgan fingerprint density at radius 2 is 1.93 bits per heavy atom. The Labute approximate surface area is 174 Å². The molecule has 0 bridgehead atoms. The molecule has 5 nitrogen and oxygen atoms in total. The number of hydrogen-bond donors (Lipinski definition) is 0. The summed E-state index contributed by atoms with van der Waals surface area (Å²) >= 11 is 3.50. The molecule has 0 unspecified atom stereocenters. The summed E-state index contributed by atoms with van der Waals surface area (Å²) in [5, 5.41) is 11.0. The van der Waals surface area contributed by atoms with Crippen molar-refractivity contribution in [3.8, 4) is 11.8 Å². The first-order valence-corrected chi connectivity index (χ1v) is 9.78. The van der Waals surface area contributed by atoms with Crippen molar-refractivity contribution in [2.45, 2.75) is 46.3 Å². The summed E-state index contributed by atoms with van der Waals surface area (Å²) in [6, 6.07) is 11.6. The van der Waals surface area contributed by atoms with Crippen molar-refractivity contribution in [2.24, 2.45) is 0 Å². The van der Waals surface area contributed by atoms with Crippen LogP contribution in [0.2, 0.25) is 0 Å². The standard InChI is InChI=1S/C22H25BrN2O3/c1-14(2)27-19-10-8-16-7-9-17(23)11-18(16)20(19)25(13-15(3)12-24)21(26)28-22(4,5)6/h7-11,14H,3,13H2,1-2,4-6H3. The maximum absolute atomic E-state index is 13.1. The Hall–Kier alpha value is -2.52. The molecule has 0 saturated heterocycles. The summed E-state index contributed by atoms with van der Waals surface area (Å²) in [5.74, 6) is 0.539. The van der Waals surface area contributed by atoms with Crippen molar-refractivity contribution in [3.05, 3.63) is 47.0 Å². The van der Waals surface area contributed by atoms with Gasteiger partial charge in [-0.1, -0.05) is 34.6 Å². The minimum atomic E-state index is -0.687. The fourth-order valence-electron chi connectivity index (χ4n) is 2.66. The Bertz CT molecular complexity index is 939. The number of carbonyl (C=O) groups excluding carboxylic acids is 1. The Kier molecular flexibility index (Phi) is 6.73. The molecular formula is C22H25BrN2O3. The van der Waals surface area contributed by atoms with E-state index in [1.807, 2.05) is 50.2 Å². The van der Waals surface area contributed by atoms with E-state index in [4.69, 9.17) is 9.47 Å². The summed E-state index contributed by atoms with van der Waals surface area (Å²) < 4.78 is 12.5. The van der Waals surface area contributed by atoms with Crippen molar-refractivity contribution in [1.82, 2.24) is 0 Å². The lowest BCUT2D eigenvalue weighted by molar-refractivity contribution is 0.0582. The number of hydrogen-bond acceptors (Lipinski definition) is 4. The van der Waals surface area contributed by atoms with Crippen molar-refractivity contribution in [2.75, 3.05) is 11.4 Å². The molecular weight excluding hydrogens is 420 g/mol. The molecule has 2 aromatic rings. The number of ether oxygens (including phenoxy) is 2. The highest BCUT2D eigenvalue weighted by Gasteiger charge is 2.28. The van der Waals surface area contributed by atoms with Gasteiger partial charge in [0.05, 0.1) is 24.4 Å². The average Bonchev–Trinajstić information content (AvgIpc) is 2.57. The summed E-state index contributed by atoms with van der Waals surface area (Å²) in [4.78, 5) is 14.5. The van der Waals surface area contributed by atoms with Crippen LogP contribution < -0.4 is 9.64 Å². The van der Waals surface area contributed by atoms with Gasteiger partial charge in [0.15, 0.2) is 0 Å². The van der Waals surface area contributed by atoms with E-state index in [0.717, 1.165) is 15.2 Å². The molecule has 0 spiro atoms. The van der Waals surface area contributed by atoms with E-state index >= 15 is 0 Å². The van der Waals surface area contributed by atoms with Crippen LogP contribution in [0, 0.1) is 11.3 Å². The van der Waals surface area contributed by atoms with Crippen LogP contribution in [0.15, 0.2) is 47.0 Å². The van der Waals surface area contributed by atoms with Crippen LogP contribution >= 0.6 is 15.9 Å². The molecule has 2 aromatic carbocycles. The van der Waals surface area contributed by atoms with Crippen LogP contribution in [-0.4, -0.2) is 24.3 Å². The quantitative estimate of drug-likeness (QED) is 0.514. The first kappa shape index (κ1) is 21.8. The number of nitriles is 1. The number of rotatable bonds is 5. The molecule has 6 heteroatoms. The molecule has 0 radical (unpaired) electrons.